The Morgan fingerprint density at radius 2 is 1.75 bits per heavy atom. The summed E-state index contributed by atoms with van der Waals surface area (Å²) in [6, 6.07) is 10.5. The number of alkyl halides is 3. The van der Waals surface area contributed by atoms with Gasteiger partial charge in [-0.2, -0.15) is 0 Å². The van der Waals surface area contributed by atoms with Crippen LogP contribution in [0.1, 0.15) is 34.8 Å². The second-order valence-electron chi connectivity index (χ2n) is 6.63. The Morgan fingerprint density at radius 3 is 2.46 bits per heavy atom. The van der Waals surface area contributed by atoms with Crippen molar-refractivity contribution in [2.75, 3.05) is 19.8 Å². The van der Waals surface area contributed by atoms with Crippen LogP contribution in [0.15, 0.2) is 42.5 Å². The van der Waals surface area contributed by atoms with E-state index in [0.29, 0.717) is 36.8 Å². The first kappa shape index (κ1) is 18.5. The number of hydrogen-bond donors (Lipinski definition) is 0. The van der Waals surface area contributed by atoms with Crippen LogP contribution in [0.25, 0.3) is 0 Å². The molecule has 28 heavy (non-hydrogen) atoms. The van der Waals surface area contributed by atoms with Crippen molar-refractivity contribution >= 4 is 5.91 Å². The number of rotatable bonds is 3. The van der Waals surface area contributed by atoms with E-state index in [0.717, 1.165) is 30.5 Å². The third-order valence-electron chi connectivity index (χ3n) is 4.80. The van der Waals surface area contributed by atoms with Crippen molar-refractivity contribution in [1.29, 1.82) is 0 Å². The van der Waals surface area contributed by atoms with E-state index in [4.69, 9.17) is 9.47 Å². The highest BCUT2D eigenvalue weighted by Crippen LogP contribution is 2.38. The van der Waals surface area contributed by atoms with E-state index in [1.54, 1.807) is 4.90 Å². The highest BCUT2D eigenvalue weighted by molar-refractivity contribution is 5.94. The molecule has 2 aliphatic heterocycles. The summed E-state index contributed by atoms with van der Waals surface area (Å²) in [6.45, 7) is 1.57. The molecule has 148 valence electrons. The summed E-state index contributed by atoms with van der Waals surface area (Å²) in [5.74, 6) is 0.771. The van der Waals surface area contributed by atoms with E-state index in [1.165, 1.54) is 12.1 Å². The SMILES string of the molecule is O=C(c1ccc(OC(F)(F)F)cc1)N1CCC[C@@H]1c1ccc2c(c1)OCCO2. The number of nitrogens with zero attached hydrogens (tertiary/aromatic N) is 1. The van der Waals surface area contributed by atoms with Crippen LogP contribution in [0, 0.1) is 0 Å². The summed E-state index contributed by atoms with van der Waals surface area (Å²) in [5.41, 5.74) is 1.27. The van der Waals surface area contributed by atoms with Crippen LogP contribution in [0.5, 0.6) is 17.2 Å². The van der Waals surface area contributed by atoms with Crippen LogP contribution in [0.2, 0.25) is 0 Å². The molecule has 0 saturated carbocycles. The van der Waals surface area contributed by atoms with Crippen molar-refractivity contribution in [3.8, 4) is 17.2 Å². The third kappa shape index (κ3) is 3.85. The lowest BCUT2D eigenvalue weighted by molar-refractivity contribution is -0.274. The molecule has 0 spiro atoms. The van der Waals surface area contributed by atoms with Crippen molar-refractivity contribution in [2.45, 2.75) is 25.2 Å². The van der Waals surface area contributed by atoms with Gasteiger partial charge in [0.1, 0.15) is 19.0 Å². The summed E-state index contributed by atoms with van der Waals surface area (Å²) in [4.78, 5) is 14.7. The Labute approximate surface area is 159 Å². The van der Waals surface area contributed by atoms with Gasteiger partial charge in [-0.15, -0.1) is 13.2 Å². The Bertz CT molecular complexity index is 867. The van der Waals surface area contributed by atoms with Gasteiger partial charge in [0.05, 0.1) is 6.04 Å². The number of amides is 1. The maximum Gasteiger partial charge on any atom is 0.573 e. The minimum Gasteiger partial charge on any atom is -0.486 e. The van der Waals surface area contributed by atoms with Gasteiger partial charge in [0.2, 0.25) is 0 Å². The molecule has 1 fully saturated rings. The highest BCUT2D eigenvalue weighted by Gasteiger charge is 2.33. The Morgan fingerprint density at radius 1 is 1.04 bits per heavy atom. The number of likely N-dealkylation sites (tertiary alicyclic amines) is 1. The molecule has 4 rings (SSSR count). The predicted molar refractivity (Wildman–Crippen MR) is 93.6 cm³/mol. The average molecular weight is 393 g/mol. The van der Waals surface area contributed by atoms with E-state index >= 15 is 0 Å². The fourth-order valence-corrected chi connectivity index (χ4v) is 3.59. The fraction of sp³-hybridized carbons (Fsp3) is 0.350. The molecule has 0 radical (unpaired) electrons. The zero-order chi connectivity index (χ0) is 19.7. The van der Waals surface area contributed by atoms with E-state index in [2.05, 4.69) is 4.74 Å². The van der Waals surface area contributed by atoms with Gasteiger partial charge in [-0.25, -0.2) is 0 Å². The third-order valence-corrected chi connectivity index (χ3v) is 4.80. The molecule has 2 aliphatic rings. The van der Waals surface area contributed by atoms with E-state index in [9.17, 15) is 18.0 Å². The molecule has 0 unspecified atom stereocenters. The van der Waals surface area contributed by atoms with Crippen molar-refractivity contribution in [3.63, 3.8) is 0 Å². The standard InChI is InChI=1S/C20H18F3NO4/c21-20(22,23)28-15-6-3-13(4-7-15)19(25)24-9-1-2-16(24)14-5-8-17-18(12-14)27-11-10-26-17/h3-8,12,16H,1-2,9-11H2/t16-/m1/s1. The number of carbonyl (C=O) groups is 1. The molecule has 1 amide bonds. The maximum atomic E-state index is 12.9. The number of carbonyl (C=O) groups excluding carboxylic acids is 1. The monoisotopic (exact) mass is 393 g/mol. The quantitative estimate of drug-likeness (QED) is 0.779. The minimum absolute atomic E-state index is 0.116. The molecule has 1 atom stereocenters. The van der Waals surface area contributed by atoms with Crippen LogP contribution in [-0.2, 0) is 0 Å². The van der Waals surface area contributed by atoms with Gasteiger partial charge in [-0.3, -0.25) is 4.79 Å². The van der Waals surface area contributed by atoms with Gasteiger partial charge < -0.3 is 19.1 Å². The lowest BCUT2D eigenvalue weighted by atomic mass is 10.0. The maximum absolute atomic E-state index is 12.9. The van der Waals surface area contributed by atoms with Crippen LogP contribution in [-0.4, -0.2) is 36.9 Å². The minimum atomic E-state index is -4.76. The molecule has 2 aromatic rings. The molecule has 2 heterocycles. The van der Waals surface area contributed by atoms with Gasteiger partial charge in [0.15, 0.2) is 11.5 Å². The summed E-state index contributed by atoms with van der Waals surface area (Å²) in [7, 11) is 0. The van der Waals surface area contributed by atoms with Crippen molar-refractivity contribution in [3.05, 3.63) is 53.6 Å². The predicted octanol–water partition coefficient (Wildman–Crippen LogP) is 4.33. The molecule has 8 heteroatoms. The van der Waals surface area contributed by atoms with E-state index in [-0.39, 0.29) is 17.7 Å². The summed E-state index contributed by atoms with van der Waals surface area (Å²) in [5, 5.41) is 0. The first-order valence-electron chi connectivity index (χ1n) is 8.97. The second-order valence-corrected chi connectivity index (χ2v) is 6.63. The summed E-state index contributed by atoms with van der Waals surface area (Å²) in [6.07, 6.45) is -3.11. The molecule has 5 nitrogen and oxygen atoms in total. The molecule has 0 aromatic heterocycles. The van der Waals surface area contributed by atoms with E-state index in [1.807, 2.05) is 18.2 Å². The van der Waals surface area contributed by atoms with Crippen LogP contribution >= 0.6 is 0 Å². The lowest BCUT2D eigenvalue weighted by Crippen LogP contribution is -2.30. The number of benzene rings is 2. The van der Waals surface area contributed by atoms with Crippen LogP contribution in [0.3, 0.4) is 0 Å². The Balaban J connectivity index is 1.52. The Kier molecular flexibility index (Phi) is 4.78. The van der Waals surface area contributed by atoms with Gasteiger partial charge in [-0.1, -0.05) is 6.07 Å². The molecule has 0 N–H and O–H groups in total. The Hall–Kier alpha value is -2.90. The largest absolute Gasteiger partial charge is 0.573 e. The summed E-state index contributed by atoms with van der Waals surface area (Å²) < 4.78 is 51.9. The zero-order valence-corrected chi connectivity index (χ0v) is 14.9. The number of fused-ring (bicyclic) bond motifs is 1. The number of hydrogen-bond acceptors (Lipinski definition) is 4. The number of ether oxygens (including phenoxy) is 3. The average Bonchev–Trinajstić information content (AvgIpc) is 3.16. The molecule has 1 saturated heterocycles. The molecular weight excluding hydrogens is 375 g/mol. The topological polar surface area (TPSA) is 48.0 Å². The van der Waals surface area contributed by atoms with E-state index < -0.39 is 6.36 Å². The highest BCUT2D eigenvalue weighted by atomic mass is 19.4. The normalized spacial score (nSPS) is 18.8. The molecule has 0 bridgehead atoms. The zero-order valence-electron chi connectivity index (χ0n) is 14.9. The van der Waals surface area contributed by atoms with Gasteiger partial charge in [0.25, 0.3) is 5.91 Å². The lowest BCUT2D eigenvalue weighted by Gasteiger charge is -2.27. The van der Waals surface area contributed by atoms with Crippen molar-refractivity contribution in [2.24, 2.45) is 0 Å². The molecule has 0 aliphatic carbocycles. The van der Waals surface area contributed by atoms with Gasteiger partial charge >= 0.3 is 6.36 Å². The summed E-state index contributed by atoms with van der Waals surface area (Å²) >= 11 is 0. The molecule has 2 aromatic carbocycles. The van der Waals surface area contributed by atoms with Crippen LogP contribution in [0.4, 0.5) is 13.2 Å². The first-order chi connectivity index (χ1) is 13.4. The van der Waals surface area contributed by atoms with Gasteiger partial charge in [0, 0.05) is 12.1 Å². The van der Waals surface area contributed by atoms with Crippen LogP contribution < -0.4 is 14.2 Å². The van der Waals surface area contributed by atoms with Crippen molar-refractivity contribution in [1.82, 2.24) is 4.90 Å². The first-order valence-corrected chi connectivity index (χ1v) is 8.97. The van der Waals surface area contributed by atoms with Crippen molar-refractivity contribution < 1.29 is 32.2 Å². The number of halogens is 3. The smallest absolute Gasteiger partial charge is 0.486 e. The fourth-order valence-electron chi connectivity index (χ4n) is 3.59. The van der Waals surface area contributed by atoms with Gasteiger partial charge in [-0.05, 0) is 54.8 Å². The molecular formula is C20H18F3NO4. The second kappa shape index (κ2) is 7.26.